The van der Waals surface area contributed by atoms with Crippen molar-refractivity contribution in [3.8, 4) is 0 Å². The first-order chi connectivity index (χ1) is 8.64. The van der Waals surface area contributed by atoms with E-state index < -0.39 is 11.6 Å². The molecule has 0 spiro atoms. The Morgan fingerprint density at radius 2 is 1.79 bits per heavy atom. The van der Waals surface area contributed by atoms with Crippen molar-refractivity contribution in [2.75, 3.05) is 6.54 Å². The average molecular weight is 270 g/mol. The third kappa shape index (κ3) is 5.49. The van der Waals surface area contributed by atoms with Gasteiger partial charge in [-0.25, -0.2) is 0 Å². The number of hydrogen-bond donors (Lipinski definition) is 3. The second-order valence-electron chi connectivity index (χ2n) is 7.34. The van der Waals surface area contributed by atoms with Crippen LogP contribution in [0.1, 0.15) is 59.8 Å². The highest BCUT2D eigenvalue weighted by atomic mass is 16.3. The van der Waals surface area contributed by atoms with Gasteiger partial charge in [0.25, 0.3) is 0 Å². The van der Waals surface area contributed by atoms with E-state index in [1.165, 1.54) is 0 Å². The Kier molecular flexibility index (Phi) is 5.39. The molecule has 0 aliphatic heterocycles. The van der Waals surface area contributed by atoms with Gasteiger partial charge in [-0.3, -0.25) is 4.79 Å². The normalized spacial score (nSPS) is 23.1. The molecule has 1 aliphatic carbocycles. The topological polar surface area (TPSA) is 75.4 Å². The fraction of sp³-hybridized carbons (Fsp3) is 0.933. The van der Waals surface area contributed by atoms with Crippen LogP contribution < -0.4 is 11.1 Å². The number of carbonyl (C=O) groups is 1. The minimum Gasteiger partial charge on any atom is -0.388 e. The molecule has 0 radical (unpaired) electrons. The van der Waals surface area contributed by atoms with Crippen molar-refractivity contribution in [3.63, 3.8) is 0 Å². The molecule has 19 heavy (non-hydrogen) atoms. The number of carbonyl (C=O) groups excluding carboxylic acids is 1. The minimum atomic E-state index is -0.747. The zero-order valence-electron chi connectivity index (χ0n) is 12.8. The quantitative estimate of drug-likeness (QED) is 0.713. The van der Waals surface area contributed by atoms with Crippen molar-refractivity contribution in [2.45, 2.75) is 71.4 Å². The zero-order chi connectivity index (χ0) is 14.7. The van der Waals surface area contributed by atoms with E-state index in [2.05, 4.69) is 19.2 Å². The molecular formula is C15H30N2O2. The van der Waals surface area contributed by atoms with Gasteiger partial charge < -0.3 is 16.2 Å². The van der Waals surface area contributed by atoms with Gasteiger partial charge >= 0.3 is 0 Å². The first-order valence-electron chi connectivity index (χ1n) is 7.39. The summed E-state index contributed by atoms with van der Waals surface area (Å²) in [7, 11) is 0. The van der Waals surface area contributed by atoms with Gasteiger partial charge in [-0.15, -0.1) is 0 Å². The predicted octanol–water partition coefficient (Wildman–Crippen LogP) is 1.81. The molecule has 1 rings (SSSR count). The molecule has 112 valence electrons. The molecule has 0 aromatic carbocycles. The molecule has 0 heterocycles. The summed E-state index contributed by atoms with van der Waals surface area (Å²) in [6.45, 7) is 8.87. The maximum atomic E-state index is 11.8. The summed E-state index contributed by atoms with van der Waals surface area (Å²) in [6.07, 6.45) is 4.17. The van der Waals surface area contributed by atoms with E-state index >= 15 is 0 Å². The highest BCUT2D eigenvalue weighted by Crippen LogP contribution is 2.39. The van der Waals surface area contributed by atoms with Crippen molar-refractivity contribution < 1.29 is 9.90 Å². The Hall–Kier alpha value is -0.610. The van der Waals surface area contributed by atoms with E-state index in [0.29, 0.717) is 24.3 Å². The molecule has 1 amide bonds. The Balaban J connectivity index is 2.38. The standard InChI is InChI=1S/C15H30N2O2/c1-11(2)9-12(16)13(18)17-10-15(19)7-5-14(3,4)6-8-15/h11-12,19H,5-10,16H2,1-4H3,(H,17,18). The molecule has 4 N–H and O–H groups in total. The Morgan fingerprint density at radius 3 is 2.26 bits per heavy atom. The molecule has 1 aliphatic rings. The van der Waals surface area contributed by atoms with E-state index in [0.717, 1.165) is 25.7 Å². The van der Waals surface area contributed by atoms with Crippen LogP contribution in [0.3, 0.4) is 0 Å². The lowest BCUT2D eigenvalue weighted by atomic mass is 9.71. The van der Waals surface area contributed by atoms with Gasteiger partial charge in [-0.2, -0.15) is 0 Å². The monoisotopic (exact) mass is 270 g/mol. The third-order valence-electron chi connectivity index (χ3n) is 4.19. The minimum absolute atomic E-state index is 0.146. The lowest BCUT2D eigenvalue weighted by molar-refractivity contribution is -0.124. The predicted molar refractivity (Wildman–Crippen MR) is 77.6 cm³/mol. The molecule has 1 saturated carbocycles. The molecule has 1 fully saturated rings. The molecule has 1 atom stereocenters. The van der Waals surface area contributed by atoms with Gasteiger partial charge in [0.15, 0.2) is 0 Å². The summed E-state index contributed by atoms with van der Waals surface area (Å²) in [5.41, 5.74) is 5.39. The lowest BCUT2D eigenvalue weighted by Gasteiger charge is -2.40. The van der Waals surface area contributed by atoms with Crippen molar-refractivity contribution >= 4 is 5.91 Å². The maximum absolute atomic E-state index is 11.8. The summed E-state index contributed by atoms with van der Waals surface area (Å²) in [6, 6.07) is -0.469. The van der Waals surface area contributed by atoms with Gasteiger partial charge in [0.05, 0.1) is 11.6 Å². The first kappa shape index (κ1) is 16.4. The van der Waals surface area contributed by atoms with Crippen LogP contribution in [0.2, 0.25) is 0 Å². The van der Waals surface area contributed by atoms with E-state index in [1.54, 1.807) is 0 Å². The summed E-state index contributed by atoms with van der Waals surface area (Å²) in [5.74, 6) is 0.256. The zero-order valence-corrected chi connectivity index (χ0v) is 12.8. The van der Waals surface area contributed by atoms with Gasteiger partial charge in [0, 0.05) is 6.54 Å². The fourth-order valence-electron chi connectivity index (χ4n) is 2.57. The Morgan fingerprint density at radius 1 is 1.26 bits per heavy atom. The smallest absolute Gasteiger partial charge is 0.237 e. The van der Waals surface area contributed by atoms with Crippen LogP contribution in [0.4, 0.5) is 0 Å². The average Bonchev–Trinajstić information content (AvgIpc) is 2.30. The van der Waals surface area contributed by atoms with Crippen LogP contribution in [-0.4, -0.2) is 29.2 Å². The van der Waals surface area contributed by atoms with Crippen LogP contribution in [0.15, 0.2) is 0 Å². The molecular weight excluding hydrogens is 240 g/mol. The SMILES string of the molecule is CC(C)CC(N)C(=O)NCC1(O)CCC(C)(C)CC1. The van der Waals surface area contributed by atoms with Crippen molar-refractivity contribution in [1.82, 2.24) is 5.32 Å². The number of nitrogens with one attached hydrogen (secondary N) is 1. The number of nitrogens with two attached hydrogens (primary N) is 1. The van der Waals surface area contributed by atoms with Crippen molar-refractivity contribution in [2.24, 2.45) is 17.1 Å². The fourth-order valence-corrected chi connectivity index (χ4v) is 2.57. The Bertz CT molecular complexity index is 303. The first-order valence-corrected chi connectivity index (χ1v) is 7.39. The number of aliphatic hydroxyl groups is 1. The highest BCUT2D eigenvalue weighted by Gasteiger charge is 2.36. The van der Waals surface area contributed by atoms with Gasteiger partial charge in [-0.1, -0.05) is 27.7 Å². The van der Waals surface area contributed by atoms with Crippen molar-refractivity contribution in [1.29, 1.82) is 0 Å². The second kappa shape index (κ2) is 6.23. The maximum Gasteiger partial charge on any atom is 0.237 e. The molecule has 4 heteroatoms. The van der Waals surface area contributed by atoms with Crippen LogP contribution in [0.5, 0.6) is 0 Å². The van der Waals surface area contributed by atoms with E-state index in [4.69, 9.17) is 5.73 Å². The van der Waals surface area contributed by atoms with E-state index in [9.17, 15) is 9.90 Å². The second-order valence-corrected chi connectivity index (χ2v) is 7.34. The largest absolute Gasteiger partial charge is 0.388 e. The van der Waals surface area contributed by atoms with Crippen molar-refractivity contribution in [3.05, 3.63) is 0 Å². The summed E-state index contributed by atoms with van der Waals surface area (Å²) in [4.78, 5) is 11.8. The summed E-state index contributed by atoms with van der Waals surface area (Å²) < 4.78 is 0. The summed E-state index contributed by atoms with van der Waals surface area (Å²) in [5, 5.41) is 13.3. The van der Waals surface area contributed by atoms with Gasteiger partial charge in [-0.05, 0) is 43.4 Å². The molecule has 0 aromatic rings. The summed E-state index contributed by atoms with van der Waals surface area (Å²) >= 11 is 0. The molecule has 0 saturated heterocycles. The van der Waals surface area contributed by atoms with Gasteiger partial charge in [0.2, 0.25) is 5.91 Å². The van der Waals surface area contributed by atoms with Crippen LogP contribution in [0, 0.1) is 11.3 Å². The number of amides is 1. The van der Waals surface area contributed by atoms with E-state index in [1.807, 2.05) is 13.8 Å². The molecule has 4 nitrogen and oxygen atoms in total. The van der Waals surface area contributed by atoms with Crippen LogP contribution in [-0.2, 0) is 4.79 Å². The molecule has 0 aromatic heterocycles. The molecule has 0 bridgehead atoms. The molecule has 1 unspecified atom stereocenters. The van der Waals surface area contributed by atoms with E-state index in [-0.39, 0.29) is 5.91 Å². The number of rotatable bonds is 5. The van der Waals surface area contributed by atoms with Crippen LogP contribution in [0.25, 0.3) is 0 Å². The van der Waals surface area contributed by atoms with Gasteiger partial charge in [0.1, 0.15) is 0 Å². The highest BCUT2D eigenvalue weighted by molar-refractivity contribution is 5.81. The Labute approximate surface area is 117 Å². The third-order valence-corrected chi connectivity index (χ3v) is 4.19. The van der Waals surface area contributed by atoms with Crippen LogP contribution >= 0.6 is 0 Å². The number of hydrogen-bond acceptors (Lipinski definition) is 3. The lowest BCUT2D eigenvalue weighted by Crippen LogP contribution is -2.50.